The number of rotatable bonds is 8. The van der Waals surface area contributed by atoms with Crippen LogP contribution in [-0.4, -0.2) is 29.1 Å². The van der Waals surface area contributed by atoms with E-state index in [1.54, 1.807) is 6.20 Å². The fourth-order valence-electron chi connectivity index (χ4n) is 7.38. The lowest BCUT2D eigenvalue weighted by Gasteiger charge is -2.22. The van der Waals surface area contributed by atoms with Gasteiger partial charge in [-0.1, -0.05) is 100 Å². The molecule has 53 heavy (non-hydrogen) atoms. The zero-order chi connectivity index (χ0) is 36.1. The second-order valence-corrected chi connectivity index (χ2v) is 14.0. The maximum atomic E-state index is 6.57. The Hall–Kier alpha value is -6.60. The Morgan fingerprint density at radius 1 is 0.528 bits per heavy atom. The maximum absolute atomic E-state index is 6.57. The van der Waals surface area contributed by atoms with E-state index in [1.807, 2.05) is 72.9 Å². The zero-order valence-electron chi connectivity index (χ0n) is 30.1. The van der Waals surface area contributed by atoms with Gasteiger partial charge in [0.15, 0.2) is 5.65 Å². The maximum Gasteiger partial charge on any atom is 0.221 e. The number of pyridine rings is 3. The third-order valence-corrected chi connectivity index (χ3v) is 9.88. The van der Waals surface area contributed by atoms with Gasteiger partial charge in [0.1, 0.15) is 23.2 Å². The van der Waals surface area contributed by atoms with Crippen molar-refractivity contribution < 1.29 is 4.74 Å². The van der Waals surface area contributed by atoms with Gasteiger partial charge in [-0.05, 0) is 82.6 Å². The van der Waals surface area contributed by atoms with Gasteiger partial charge in [-0.2, -0.15) is 4.98 Å². The molecule has 0 aliphatic heterocycles. The fraction of sp³-hybridized carbons (Fsp3) is 0.130. The first kappa shape index (κ1) is 32.3. The number of hydrogen-bond donors (Lipinski definition) is 0. The minimum atomic E-state index is 0.254. The van der Waals surface area contributed by atoms with Gasteiger partial charge >= 0.3 is 0 Å². The first-order valence-corrected chi connectivity index (χ1v) is 18.1. The van der Waals surface area contributed by atoms with Gasteiger partial charge in [0.2, 0.25) is 5.88 Å². The average molecular weight is 691 g/mol. The molecule has 7 heteroatoms. The van der Waals surface area contributed by atoms with Crippen molar-refractivity contribution in [2.24, 2.45) is 0 Å². The van der Waals surface area contributed by atoms with Gasteiger partial charge in [-0.3, -0.25) is 9.13 Å². The normalized spacial score (nSPS) is 11.7. The van der Waals surface area contributed by atoms with Crippen molar-refractivity contribution in [1.29, 1.82) is 0 Å². The number of nitrogens with zero attached hydrogens (tertiary/aromatic N) is 6. The van der Waals surface area contributed by atoms with Crippen LogP contribution in [0.5, 0.6) is 11.6 Å². The quantitative estimate of drug-likeness (QED) is 0.159. The second kappa shape index (κ2) is 13.2. The van der Waals surface area contributed by atoms with E-state index in [2.05, 4.69) is 109 Å². The summed E-state index contributed by atoms with van der Waals surface area (Å²) >= 11 is 0. The summed E-state index contributed by atoms with van der Waals surface area (Å²) in [5, 5.41) is 2.14. The van der Waals surface area contributed by atoms with Crippen molar-refractivity contribution in [3.63, 3.8) is 0 Å². The van der Waals surface area contributed by atoms with Crippen LogP contribution in [-0.2, 0) is 0 Å². The van der Waals surface area contributed by atoms with Crippen LogP contribution in [0.25, 0.3) is 67.1 Å². The van der Waals surface area contributed by atoms with Gasteiger partial charge in [0.05, 0.1) is 16.6 Å². The molecule has 0 aliphatic carbocycles. The Labute approximate surface area is 308 Å². The van der Waals surface area contributed by atoms with E-state index in [0.717, 1.165) is 56.0 Å². The van der Waals surface area contributed by atoms with E-state index in [4.69, 9.17) is 19.7 Å². The van der Waals surface area contributed by atoms with Crippen molar-refractivity contribution in [2.45, 2.75) is 39.5 Å². The summed E-state index contributed by atoms with van der Waals surface area (Å²) in [5.74, 6) is 4.10. The van der Waals surface area contributed by atoms with Gasteiger partial charge in [0.25, 0.3) is 0 Å². The van der Waals surface area contributed by atoms with E-state index in [-0.39, 0.29) is 11.8 Å². The summed E-state index contributed by atoms with van der Waals surface area (Å²) in [5.41, 5.74) is 9.64. The highest BCUT2D eigenvalue weighted by molar-refractivity contribution is 6.07. The van der Waals surface area contributed by atoms with Crippen LogP contribution in [0.15, 0.2) is 146 Å². The molecule has 0 radical (unpaired) electrons. The third kappa shape index (κ3) is 5.71. The third-order valence-electron chi connectivity index (χ3n) is 9.88. The number of para-hydroxylation sites is 1. The van der Waals surface area contributed by atoms with Crippen molar-refractivity contribution in [3.05, 3.63) is 157 Å². The molecule has 0 unspecified atom stereocenters. The monoisotopic (exact) mass is 690 g/mol. The van der Waals surface area contributed by atoms with Gasteiger partial charge in [0, 0.05) is 40.9 Å². The SMILES string of the molecule is CC(C)c1cc(-c2ccccc2)cc(C(C)C)c1-c1nc2ccc(Oc3ccc4c5ccccc5n(-c5ccccn5)c4n3)cc2n1-c1ccccn1. The molecule has 258 valence electrons. The van der Waals surface area contributed by atoms with Crippen molar-refractivity contribution >= 4 is 33.0 Å². The topological polar surface area (TPSA) is 70.7 Å². The number of aromatic nitrogens is 6. The summed E-state index contributed by atoms with van der Waals surface area (Å²) in [4.78, 5) is 19.9. The number of hydrogen-bond acceptors (Lipinski definition) is 5. The van der Waals surface area contributed by atoms with Crippen LogP contribution >= 0.6 is 0 Å². The molecular weight excluding hydrogens is 653 g/mol. The summed E-state index contributed by atoms with van der Waals surface area (Å²) in [6.07, 6.45) is 3.63. The number of ether oxygens (including phenoxy) is 1. The first-order chi connectivity index (χ1) is 25.9. The molecule has 0 bridgehead atoms. The Morgan fingerprint density at radius 3 is 1.87 bits per heavy atom. The van der Waals surface area contributed by atoms with Gasteiger partial charge < -0.3 is 4.74 Å². The minimum absolute atomic E-state index is 0.254. The first-order valence-electron chi connectivity index (χ1n) is 18.1. The highest BCUT2D eigenvalue weighted by Crippen LogP contribution is 2.42. The molecule has 0 saturated carbocycles. The zero-order valence-corrected chi connectivity index (χ0v) is 30.1. The lowest BCUT2D eigenvalue weighted by Crippen LogP contribution is -2.07. The van der Waals surface area contributed by atoms with E-state index >= 15 is 0 Å². The molecule has 0 N–H and O–H groups in total. The van der Waals surface area contributed by atoms with E-state index in [0.29, 0.717) is 11.6 Å². The van der Waals surface area contributed by atoms with Gasteiger partial charge in [-0.15, -0.1) is 0 Å². The molecule has 9 aromatic rings. The van der Waals surface area contributed by atoms with Crippen molar-refractivity contribution in [1.82, 2.24) is 29.1 Å². The molecule has 0 atom stereocenters. The standard InChI is InChI=1S/C46H38N6O/c1-29(2)36-26-32(31-14-6-5-7-15-31)27-37(30(3)4)44(36)46-49-38-22-20-33(28-40(38)52(46)42-19-11-13-25-48-42)53-43-23-21-35-34-16-8-9-17-39(34)51(45(35)50-43)41-18-10-12-24-47-41/h5-30H,1-4H3. The summed E-state index contributed by atoms with van der Waals surface area (Å²) in [6.45, 7) is 9.03. The highest BCUT2D eigenvalue weighted by Gasteiger charge is 2.25. The highest BCUT2D eigenvalue weighted by atomic mass is 16.5. The molecule has 5 heterocycles. The molecule has 0 fully saturated rings. The molecule has 0 spiro atoms. The molecule has 0 amide bonds. The number of fused-ring (bicyclic) bond motifs is 4. The van der Waals surface area contributed by atoms with Crippen LogP contribution in [0.2, 0.25) is 0 Å². The molecule has 0 aliphatic rings. The van der Waals surface area contributed by atoms with E-state index < -0.39 is 0 Å². The van der Waals surface area contributed by atoms with Crippen LogP contribution < -0.4 is 4.74 Å². The smallest absolute Gasteiger partial charge is 0.221 e. The minimum Gasteiger partial charge on any atom is -0.439 e. The average Bonchev–Trinajstić information content (AvgIpc) is 3.73. The molecule has 7 nitrogen and oxygen atoms in total. The molecule has 5 aromatic heterocycles. The lowest BCUT2D eigenvalue weighted by atomic mass is 9.85. The van der Waals surface area contributed by atoms with Gasteiger partial charge in [-0.25, -0.2) is 15.0 Å². The van der Waals surface area contributed by atoms with Crippen LogP contribution in [0.3, 0.4) is 0 Å². The second-order valence-electron chi connectivity index (χ2n) is 14.0. The molecule has 9 rings (SSSR count). The number of benzene rings is 4. The van der Waals surface area contributed by atoms with Crippen molar-refractivity contribution in [3.8, 4) is 45.8 Å². The predicted octanol–water partition coefficient (Wildman–Crippen LogP) is 11.7. The summed E-state index contributed by atoms with van der Waals surface area (Å²) in [7, 11) is 0. The summed E-state index contributed by atoms with van der Waals surface area (Å²) < 4.78 is 10.8. The summed E-state index contributed by atoms with van der Waals surface area (Å²) in [6, 6.07) is 45.5. The Balaban J connectivity index is 1.21. The van der Waals surface area contributed by atoms with Crippen molar-refractivity contribution in [2.75, 3.05) is 0 Å². The lowest BCUT2D eigenvalue weighted by molar-refractivity contribution is 0.465. The number of imidazole rings is 1. The van der Waals surface area contributed by atoms with Crippen LogP contribution in [0.4, 0.5) is 0 Å². The van der Waals surface area contributed by atoms with E-state index in [1.165, 1.54) is 22.3 Å². The molecular formula is C46H38N6O. The largest absolute Gasteiger partial charge is 0.439 e. The molecule has 0 saturated heterocycles. The Bertz CT molecular complexity index is 2720. The van der Waals surface area contributed by atoms with Crippen LogP contribution in [0, 0.1) is 0 Å². The van der Waals surface area contributed by atoms with E-state index in [9.17, 15) is 0 Å². The fourth-order valence-corrected chi connectivity index (χ4v) is 7.38. The Kier molecular flexibility index (Phi) is 8.04. The van der Waals surface area contributed by atoms with Crippen LogP contribution in [0.1, 0.15) is 50.7 Å². The Morgan fingerprint density at radius 2 is 1.19 bits per heavy atom. The predicted molar refractivity (Wildman–Crippen MR) is 214 cm³/mol. The molecule has 4 aromatic carbocycles.